The van der Waals surface area contributed by atoms with E-state index in [0.29, 0.717) is 5.56 Å². The molecule has 0 unspecified atom stereocenters. The smallest absolute Gasteiger partial charge is 0.406 e. The van der Waals surface area contributed by atoms with Crippen LogP contribution in [-0.4, -0.2) is 24.2 Å². The van der Waals surface area contributed by atoms with E-state index >= 15 is 0 Å². The van der Waals surface area contributed by atoms with Gasteiger partial charge in [0, 0.05) is 13.6 Å². The van der Waals surface area contributed by atoms with Crippen LogP contribution in [0.3, 0.4) is 0 Å². The van der Waals surface area contributed by atoms with E-state index in [9.17, 15) is 22.4 Å². The van der Waals surface area contributed by atoms with Crippen LogP contribution in [0.25, 0.3) is 0 Å². The molecule has 0 spiro atoms. The van der Waals surface area contributed by atoms with Crippen molar-refractivity contribution >= 4 is 17.5 Å². The average molecular weight is 362 g/mol. The van der Waals surface area contributed by atoms with Crippen LogP contribution in [0.15, 0.2) is 42.5 Å². The fourth-order valence-corrected chi connectivity index (χ4v) is 2.28. The van der Waals surface area contributed by atoms with Crippen LogP contribution in [0.1, 0.15) is 15.9 Å². The van der Waals surface area contributed by atoms with E-state index in [2.05, 4.69) is 4.74 Å². The minimum Gasteiger partial charge on any atom is -0.406 e. The van der Waals surface area contributed by atoms with E-state index in [1.54, 1.807) is 0 Å². The predicted molar refractivity (Wildman–Crippen MR) is 80.3 cm³/mol. The van der Waals surface area contributed by atoms with Gasteiger partial charge in [-0.05, 0) is 29.8 Å². The van der Waals surface area contributed by atoms with Crippen molar-refractivity contribution in [1.82, 2.24) is 4.90 Å². The maximum Gasteiger partial charge on any atom is 0.573 e. The molecule has 0 saturated carbocycles. The molecule has 2 aromatic rings. The number of ether oxygens (including phenoxy) is 1. The molecular weight excluding hydrogens is 350 g/mol. The minimum absolute atomic E-state index is 0.0132. The highest BCUT2D eigenvalue weighted by Crippen LogP contribution is 2.24. The predicted octanol–water partition coefficient (Wildman–Crippen LogP) is 4.65. The van der Waals surface area contributed by atoms with E-state index in [4.69, 9.17) is 11.6 Å². The summed E-state index contributed by atoms with van der Waals surface area (Å²) >= 11 is 5.84. The first-order valence-electron chi connectivity index (χ1n) is 6.71. The number of carbonyl (C=O) groups excluding carboxylic acids is 1. The van der Waals surface area contributed by atoms with Gasteiger partial charge < -0.3 is 9.64 Å². The third-order valence-electron chi connectivity index (χ3n) is 3.10. The SMILES string of the molecule is CN(Cc1ccc(OC(F)(F)F)cc1)C(=O)c1c(F)cccc1Cl. The number of nitrogens with zero attached hydrogens (tertiary/aromatic N) is 1. The van der Waals surface area contributed by atoms with Crippen LogP contribution in [0.2, 0.25) is 5.02 Å². The molecule has 0 aromatic heterocycles. The van der Waals surface area contributed by atoms with Crippen LogP contribution >= 0.6 is 11.6 Å². The summed E-state index contributed by atoms with van der Waals surface area (Å²) in [6.07, 6.45) is -4.77. The fraction of sp³-hybridized carbons (Fsp3) is 0.188. The summed E-state index contributed by atoms with van der Waals surface area (Å²) in [5.74, 6) is -1.74. The Morgan fingerprint density at radius 3 is 2.33 bits per heavy atom. The molecule has 1 amide bonds. The average Bonchev–Trinajstić information content (AvgIpc) is 2.47. The molecule has 0 heterocycles. The molecule has 2 rings (SSSR count). The first kappa shape index (κ1) is 18.1. The van der Waals surface area contributed by atoms with E-state index < -0.39 is 18.1 Å². The molecule has 0 N–H and O–H groups in total. The molecule has 128 valence electrons. The van der Waals surface area contributed by atoms with Crippen molar-refractivity contribution < 1.29 is 27.1 Å². The fourth-order valence-electron chi connectivity index (χ4n) is 2.04. The summed E-state index contributed by atoms with van der Waals surface area (Å²) < 4.78 is 53.8. The van der Waals surface area contributed by atoms with Gasteiger partial charge in [0.2, 0.25) is 0 Å². The van der Waals surface area contributed by atoms with E-state index in [1.165, 1.54) is 36.2 Å². The molecule has 8 heteroatoms. The Kier molecular flexibility index (Phi) is 5.33. The number of amides is 1. The zero-order valence-electron chi connectivity index (χ0n) is 12.4. The lowest BCUT2D eigenvalue weighted by molar-refractivity contribution is -0.274. The summed E-state index contributed by atoms with van der Waals surface area (Å²) in [7, 11) is 1.44. The van der Waals surface area contributed by atoms with Gasteiger partial charge in [-0.15, -0.1) is 13.2 Å². The number of rotatable bonds is 4. The number of benzene rings is 2. The lowest BCUT2D eigenvalue weighted by atomic mass is 10.1. The van der Waals surface area contributed by atoms with Gasteiger partial charge >= 0.3 is 6.36 Å². The monoisotopic (exact) mass is 361 g/mol. The van der Waals surface area contributed by atoms with Gasteiger partial charge in [-0.3, -0.25) is 4.79 Å². The second kappa shape index (κ2) is 7.09. The van der Waals surface area contributed by atoms with Crippen molar-refractivity contribution in [3.63, 3.8) is 0 Å². The van der Waals surface area contributed by atoms with Crippen LogP contribution < -0.4 is 4.74 Å². The first-order chi connectivity index (χ1) is 11.2. The zero-order valence-corrected chi connectivity index (χ0v) is 13.2. The number of hydrogen-bond acceptors (Lipinski definition) is 2. The summed E-state index contributed by atoms with van der Waals surface area (Å²) in [4.78, 5) is 13.5. The van der Waals surface area contributed by atoms with Crippen LogP contribution in [-0.2, 0) is 6.54 Å². The van der Waals surface area contributed by atoms with Crippen molar-refractivity contribution in [3.8, 4) is 5.75 Å². The molecule has 0 radical (unpaired) electrons. The number of carbonyl (C=O) groups is 1. The van der Waals surface area contributed by atoms with Crippen molar-refractivity contribution in [1.29, 1.82) is 0 Å². The van der Waals surface area contributed by atoms with Gasteiger partial charge in [0.1, 0.15) is 11.6 Å². The highest BCUT2D eigenvalue weighted by Gasteiger charge is 2.31. The number of hydrogen-bond donors (Lipinski definition) is 0. The van der Waals surface area contributed by atoms with Gasteiger partial charge in [-0.1, -0.05) is 29.8 Å². The third-order valence-corrected chi connectivity index (χ3v) is 3.41. The molecule has 2 aromatic carbocycles. The largest absolute Gasteiger partial charge is 0.573 e. The molecule has 0 aliphatic heterocycles. The van der Waals surface area contributed by atoms with Crippen molar-refractivity contribution in [2.24, 2.45) is 0 Å². The highest BCUT2D eigenvalue weighted by molar-refractivity contribution is 6.33. The van der Waals surface area contributed by atoms with Crippen LogP contribution in [0.4, 0.5) is 17.6 Å². The summed E-state index contributed by atoms with van der Waals surface area (Å²) in [6.45, 7) is 0.0653. The second-order valence-corrected chi connectivity index (χ2v) is 5.36. The van der Waals surface area contributed by atoms with E-state index in [0.717, 1.165) is 18.2 Å². The van der Waals surface area contributed by atoms with Gasteiger partial charge in [0.15, 0.2) is 0 Å². The van der Waals surface area contributed by atoms with E-state index in [-0.39, 0.29) is 22.9 Å². The Labute approximate surface area is 140 Å². The van der Waals surface area contributed by atoms with Crippen molar-refractivity contribution in [3.05, 3.63) is 64.4 Å². The van der Waals surface area contributed by atoms with Gasteiger partial charge in [0.05, 0.1) is 10.6 Å². The first-order valence-corrected chi connectivity index (χ1v) is 7.09. The number of alkyl halides is 3. The normalized spacial score (nSPS) is 11.2. The Balaban J connectivity index is 2.09. The van der Waals surface area contributed by atoms with Gasteiger partial charge in [0.25, 0.3) is 5.91 Å². The Bertz CT molecular complexity index is 712. The Hall–Kier alpha value is -2.28. The topological polar surface area (TPSA) is 29.5 Å². The number of halogens is 5. The lowest BCUT2D eigenvalue weighted by Gasteiger charge is -2.18. The van der Waals surface area contributed by atoms with E-state index in [1.807, 2.05) is 0 Å². The molecule has 0 bridgehead atoms. The molecule has 0 aliphatic rings. The Morgan fingerprint density at radius 1 is 1.17 bits per heavy atom. The third kappa shape index (κ3) is 4.61. The van der Waals surface area contributed by atoms with Gasteiger partial charge in [-0.2, -0.15) is 0 Å². The zero-order chi connectivity index (χ0) is 17.9. The Morgan fingerprint density at radius 2 is 1.79 bits per heavy atom. The highest BCUT2D eigenvalue weighted by atomic mass is 35.5. The second-order valence-electron chi connectivity index (χ2n) is 4.95. The lowest BCUT2D eigenvalue weighted by Crippen LogP contribution is -2.27. The van der Waals surface area contributed by atoms with Gasteiger partial charge in [-0.25, -0.2) is 4.39 Å². The molecule has 0 saturated heterocycles. The molecule has 0 atom stereocenters. The minimum atomic E-state index is -4.77. The maximum atomic E-state index is 13.8. The standard InChI is InChI=1S/C16H12ClF4NO2/c1-22(15(23)14-12(17)3-2-4-13(14)18)9-10-5-7-11(8-6-10)24-16(19,20)21/h2-8H,9H2,1H3. The molecule has 0 fully saturated rings. The molecule has 3 nitrogen and oxygen atoms in total. The summed E-state index contributed by atoms with van der Waals surface area (Å²) in [6, 6.07) is 8.94. The molecular formula is C16H12ClF4NO2. The molecule has 0 aliphatic carbocycles. The summed E-state index contributed by atoms with van der Waals surface area (Å²) in [5, 5.41) is -0.0132. The van der Waals surface area contributed by atoms with Crippen molar-refractivity contribution in [2.45, 2.75) is 12.9 Å². The van der Waals surface area contributed by atoms with Crippen LogP contribution in [0, 0.1) is 5.82 Å². The summed E-state index contributed by atoms with van der Waals surface area (Å²) in [5.41, 5.74) is 0.298. The molecule has 24 heavy (non-hydrogen) atoms. The maximum absolute atomic E-state index is 13.8. The van der Waals surface area contributed by atoms with Crippen LogP contribution in [0.5, 0.6) is 5.75 Å². The quantitative estimate of drug-likeness (QED) is 0.742. The van der Waals surface area contributed by atoms with Crippen molar-refractivity contribution in [2.75, 3.05) is 7.05 Å².